The van der Waals surface area contributed by atoms with E-state index in [0.29, 0.717) is 28.5 Å². The molecule has 0 saturated heterocycles. The Morgan fingerprint density at radius 2 is 1.97 bits per heavy atom. The van der Waals surface area contributed by atoms with E-state index in [-0.39, 0.29) is 29.3 Å². The number of aromatic nitrogens is 4. The summed E-state index contributed by atoms with van der Waals surface area (Å²) in [6.07, 6.45) is 7.51. The molecule has 3 aliphatic rings. The van der Waals surface area contributed by atoms with Crippen molar-refractivity contribution in [2.75, 3.05) is 6.98 Å². The van der Waals surface area contributed by atoms with Crippen LogP contribution in [-0.4, -0.2) is 44.0 Å². The van der Waals surface area contributed by atoms with E-state index >= 15 is 0 Å². The maximum Gasteiger partial charge on any atom is 0.387 e. The molecular weight excluding hydrogens is 478 g/mol. The first kappa shape index (κ1) is 19.2. The van der Waals surface area contributed by atoms with E-state index in [4.69, 9.17) is 14.6 Å². The van der Waals surface area contributed by atoms with E-state index in [1.807, 2.05) is 12.1 Å². The summed E-state index contributed by atoms with van der Waals surface area (Å²) in [6.45, 7) is -5.90. The molecule has 1 fully saturated rings. The van der Waals surface area contributed by atoms with E-state index in [0.717, 1.165) is 28.9 Å². The van der Waals surface area contributed by atoms with Gasteiger partial charge in [0, 0.05) is 57.9 Å². The average molecular weight is 506 g/mol. The van der Waals surface area contributed by atoms with Crippen LogP contribution in [-0.2, 0) is 0 Å². The number of rotatable bonds is 5. The number of hydrogen-bond donors (Lipinski definition) is 1. The monoisotopic (exact) mass is 505 g/mol. The topological polar surface area (TPSA) is 98.6 Å². The second kappa shape index (κ2) is 8.04. The summed E-state index contributed by atoms with van der Waals surface area (Å²) in [7, 11) is 0. The van der Waals surface area contributed by atoms with Crippen LogP contribution in [0.5, 0.6) is 5.75 Å². The van der Waals surface area contributed by atoms with Crippen molar-refractivity contribution in [2.24, 2.45) is 11.7 Å². The summed E-state index contributed by atoms with van der Waals surface area (Å²) in [5, 5.41) is 4.67. The Labute approximate surface area is 215 Å². The molecule has 1 aliphatic heterocycles. The summed E-state index contributed by atoms with van der Waals surface area (Å²) < 4.78 is 57.7. The van der Waals surface area contributed by atoms with E-state index in [1.54, 1.807) is 23.1 Å². The predicted molar refractivity (Wildman–Crippen MR) is 130 cm³/mol. The molecule has 3 atom stereocenters. The number of halogens is 2. The number of nitrogens with zero attached hydrogens (tertiary/aromatic N) is 5. The van der Waals surface area contributed by atoms with Gasteiger partial charge in [-0.3, -0.25) is 4.79 Å². The van der Waals surface area contributed by atoms with Gasteiger partial charge in [0.1, 0.15) is 11.6 Å². The SMILES string of the molecule is [2H]C([2H])([2H])N1C(=O)c2cccc(OC(F)F)c2[C@H]2C[C@@H]1c1nn3ccc(-c4cnc([C@@H](N)C5CC5)nc4)cc3c12. The van der Waals surface area contributed by atoms with Crippen LogP contribution in [0.3, 0.4) is 0 Å². The molecule has 2 aliphatic carbocycles. The maximum absolute atomic E-state index is 13.6. The minimum absolute atomic E-state index is 0.0268. The molecule has 0 spiro atoms. The molecule has 4 heterocycles. The largest absolute Gasteiger partial charge is 0.434 e. The molecule has 7 rings (SSSR count). The van der Waals surface area contributed by atoms with E-state index in [1.165, 1.54) is 18.2 Å². The van der Waals surface area contributed by atoms with Crippen LogP contribution in [0.4, 0.5) is 8.78 Å². The minimum atomic E-state index is -3.12. The van der Waals surface area contributed by atoms with Gasteiger partial charge < -0.3 is 15.4 Å². The van der Waals surface area contributed by atoms with Crippen molar-refractivity contribution in [2.45, 2.75) is 43.9 Å². The number of nitrogens with two attached hydrogens (primary N) is 1. The lowest BCUT2D eigenvalue weighted by atomic mass is 9.88. The van der Waals surface area contributed by atoms with Gasteiger partial charge in [-0.25, -0.2) is 14.5 Å². The average Bonchev–Trinajstić information content (AvgIpc) is 3.63. The van der Waals surface area contributed by atoms with Gasteiger partial charge in [0.2, 0.25) is 0 Å². The van der Waals surface area contributed by atoms with Crippen molar-refractivity contribution < 1.29 is 22.4 Å². The number of carbonyl (C=O) groups is 1. The highest BCUT2D eigenvalue weighted by atomic mass is 19.3. The Morgan fingerprint density at radius 1 is 1.16 bits per heavy atom. The van der Waals surface area contributed by atoms with Crippen molar-refractivity contribution in [1.82, 2.24) is 24.5 Å². The fourth-order valence-corrected chi connectivity index (χ4v) is 5.69. The summed E-state index contributed by atoms with van der Waals surface area (Å²) in [5.41, 5.74) is 9.82. The molecule has 4 aromatic rings. The standard InChI is InChI=1S/C27H24F2N6O2/c1-34-19-10-17(21-16(26(34)36)3-2-4-20(21)37-27(28)29)22-18-9-14(7-8-35(18)33-24(19)22)15-11-31-25(32-12-15)23(30)13-5-6-13/h2-4,7-9,11-13,17,19,23,27H,5-6,10,30H2,1H3/t17-,19-,23+/m1/s1/i1D3. The van der Waals surface area contributed by atoms with E-state index in [2.05, 4.69) is 15.1 Å². The van der Waals surface area contributed by atoms with Crippen LogP contribution in [0, 0.1) is 5.92 Å². The second-order valence-corrected chi connectivity index (χ2v) is 9.81. The molecular formula is C27H24F2N6O2. The molecule has 10 heteroatoms. The third-order valence-corrected chi connectivity index (χ3v) is 7.65. The number of pyridine rings is 1. The zero-order valence-corrected chi connectivity index (χ0v) is 19.5. The molecule has 37 heavy (non-hydrogen) atoms. The van der Waals surface area contributed by atoms with Crippen molar-refractivity contribution in [1.29, 1.82) is 0 Å². The molecule has 8 nitrogen and oxygen atoms in total. The molecule has 1 aromatic carbocycles. The third-order valence-electron chi connectivity index (χ3n) is 7.65. The normalized spacial score (nSPS) is 22.8. The van der Waals surface area contributed by atoms with Gasteiger partial charge in [-0.2, -0.15) is 13.9 Å². The number of hydrogen-bond acceptors (Lipinski definition) is 6. The van der Waals surface area contributed by atoms with Gasteiger partial charge in [0.05, 0.1) is 23.3 Å². The highest BCUT2D eigenvalue weighted by molar-refractivity contribution is 5.98. The molecule has 188 valence electrons. The summed E-state index contributed by atoms with van der Waals surface area (Å²) in [6, 6.07) is 6.91. The number of fused-ring (bicyclic) bond motifs is 9. The quantitative estimate of drug-likeness (QED) is 0.430. The summed E-state index contributed by atoms with van der Waals surface area (Å²) in [5.74, 6) is -0.504. The lowest BCUT2D eigenvalue weighted by Gasteiger charge is -2.23. The molecule has 0 radical (unpaired) electrons. The summed E-state index contributed by atoms with van der Waals surface area (Å²) >= 11 is 0. The summed E-state index contributed by atoms with van der Waals surface area (Å²) in [4.78, 5) is 23.4. The van der Waals surface area contributed by atoms with E-state index in [9.17, 15) is 13.6 Å². The number of amides is 1. The smallest absolute Gasteiger partial charge is 0.387 e. The molecule has 2 bridgehead atoms. The van der Waals surface area contributed by atoms with Crippen LogP contribution in [0.25, 0.3) is 16.6 Å². The Bertz CT molecular complexity index is 1650. The van der Waals surface area contributed by atoms with Crippen LogP contribution >= 0.6 is 0 Å². The minimum Gasteiger partial charge on any atom is -0.434 e. The first-order valence-electron chi connectivity index (χ1n) is 13.6. The van der Waals surface area contributed by atoms with Crippen molar-refractivity contribution in [3.8, 4) is 16.9 Å². The number of ether oxygens (including phenoxy) is 1. The Balaban J connectivity index is 1.39. The van der Waals surface area contributed by atoms with Crippen molar-refractivity contribution >= 4 is 11.4 Å². The van der Waals surface area contributed by atoms with Crippen molar-refractivity contribution in [3.05, 3.63) is 77.1 Å². The highest BCUT2D eigenvalue weighted by Gasteiger charge is 2.46. The Kier molecular flexibility index (Phi) is 4.18. The van der Waals surface area contributed by atoms with Crippen LogP contribution in [0.2, 0.25) is 0 Å². The zero-order valence-electron chi connectivity index (χ0n) is 22.5. The van der Waals surface area contributed by atoms with Gasteiger partial charge in [-0.05, 0) is 55.0 Å². The second-order valence-electron chi connectivity index (χ2n) is 9.81. The van der Waals surface area contributed by atoms with Gasteiger partial charge in [0.25, 0.3) is 5.91 Å². The van der Waals surface area contributed by atoms with Crippen LogP contribution < -0.4 is 10.5 Å². The number of benzene rings is 1. The predicted octanol–water partition coefficient (Wildman–Crippen LogP) is 4.46. The Hall–Kier alpha value is -3.92. The molecule has 2 N–H and O–H groups in total. The van der Waals surface area contributed by atoms with Gasteiger partial charge in [0.15, 0.2) is 0 Å². The first-order valence-corrected chi connectivity index (χ1v) is 12.1. The molecule has 3 aromatic heterocycles. The fourth-order valence-electron chi connectivity index (χ4n) is 5.69. The van der Waals surface area contributed by atoms with Crippen LogP contribution in [0.1, 0.15) is 74.4 Å². The fraction of sp³-hybridized carbons (Fsp3) is 0.333. The maximum atomic E-state index is 13.6. The third kappa shape index (κ3) is 3.42. The lowest BCUT2D eigenvalue weighted by Crippen LogP contribution is -2.30. The number of alkyl halides is 2. The van der Waals surface area contributed by atoms with Gasteiger partial charge in [-0.15, -0.1) is 0 Å². The zero-order chi connectivity index (χ0) is 27.9. The molecule has 1 amide bonds. The van der Waals surface area contributed by atoms with E-state index < -0.39 is 31.5 Å². The highest BCUT2D eigenvalue weighted by Crippen LogP contribution is 2.53. The molecule has 0 unspecified atom stereocenters. The molecule has 1 saturated carbocycles. The van der Waals surface area contributed by atoms with Crippen molar-refractivity contribution in [3.63, 3.8) is 0 Å². The first-order chi connectivity index (χ1) is 19.1. The van der Waals surface area contributed by atoms with Crippen LogP contribution in [0.15, 0.2) is 48.9 Å². The van der Waals surface area contributed by atoms with Gasteiger partial charge >= 0.3 is 6.61 Å². The van der Waals surface area contributed by atoms with Gasteiger partial charge in [-0.1, -0.05) is 6.07 Å². The lowest BCUT2D eigenvalue weighted by molar-refractivity contribution is -0.0505. The number of carbonyl (C=O) groups excluding carboxylic acids is 1. The Morgan fingerprint density at radius 3 is 2.70 bits per heavy atom.